The average Bonchev–Trinajstić information content (AvgIpc) is 2.67. The van der Waals surface area contributed by atoms with Gasteiger partial charge in [-0.05, 0) is 6.07 Å². The van der Waals surface area contributed by atoms with E-state index in [0.29, 0.717) is 5.75 Å². The fraction of sp³-hybridized carbons (Fsp3) is 0.182. The first kappa shape index (κ1) is 10.6. The number of hydrogen-bond donors (Lipinski definition) is 0. The second-order valence-corrected chi connectivity index (χ2v) is 3.35. The highest BCUT2D eigenvalue weighted by Gasteiger charge is 2.08. The minimum Gasteiger partial charge on any atom is -0.486 e. The summed E-state index contributed by atoms with van der Waals surface area (Å²) >= 11 is 0. The van der Waals surface area contributed by atoms with Crippen molar-refractivity contribution in [2.75, 3.05) is 0 Å². The van der Waals surface area contributed by atoms with Gasteiger partial charge in [0.1, 0.15) is 6.61 Å². The second-order valence-electron chi connectivity index (χ2n) is 3.35. The Labute approximate surface area is 91.3 Å². The van der Waals surface area contributed by atoms with Gasteiger partial charge in [0.15, 0.2) is 17.4 Å². The lowest BCUT2D eigenvalue weighted by Crippen LogP contribution is -1.99. The quantitative estimate of drug-likeness (QED) is 0.799. The van der Waals surface area contributed by atoms with E-state index in [1.165, 1.54) is 18.3 Å². The number of benzene rings is 1. The first-order valence-corrected chi connectivity index (χ1v) is 4.71. The smallest absolute Gasteiger partial charge is 0.165 e. The summed E-state index contributed by atoms with van der Waals surface area (Å²) in [6.07, 6.45) is 3.16. The van der Waals surface area contributed by atoms with E-state index in [2.05, 4.69) is 5.10 Å². The maximum atomic E-state index is 13.2. The molecule has 5 heteroatoms. The monoisotopic (exact) mass is 224 g/mol. The van der Waals surface area contributed by atoms with Crippen molar-refractivity contribution in [1.82, 2.24) is 9.78 Å². The molecule has 16 heavy (non-hydrogen) atoms. The summed E-state index contributed by atoms with van der Waals surface area (Å²) in [5.41, 5.74) is 0.184. The third-order valence-corrected chi connectivity index (χ3v) is 2.11. The molecule has 0 amide bonds. The first-order chi connectivity index (χ1) is 7.66. The van der Waals surface area contributed by atoms with E-state index in [9.17, 15) is 8.78 Å². The largest absolute Gasteiger partial charge is 0.486 e. The molecule has 0 saturated heterocycles. The molecule has 2 aromatic rings. The Kier molecular flexibility index (Phi) is 2.85. The highest BCUT2D eigenvalue weighted by molar-refractivity contribution is 5.19. The van der Waals surface area contributed by atoms with Crippen LogP contribution in [0.15, 0.2) is 30.6 Å². The zero-order valence-electron chi connectivity index (χ0n) is 8.65. The molecule has 0 atom stereocenters. The van der Waals surface area contributed by atoms with Crippen molar-refractivity contribution in [3.05, 3.63) is 47.8 Å². The summed E-state index contributed by atoms with van der Waals surface area (Å²) in [5.74, 6) is -1.22. The Morgan fingerprint density at radius 2 is 2.19 bits per heavy atom. The van der Waals surface area contributed by atoms with Crippen molar-refractivity contribution < 1.29 is 13.5 Å². The van der Waals surface area contributed by atoms with Crippen LogP contribution in [0.4, 0.5) is 8.78 Å². The van der Waals surface area contributed by atoms with Crippen molar-refractivity contribution in [2.45, 2.75) is 6.61 Å². The van der Waals surface area contributed by atoms with Crippen LogP contribution in [0.3, 0.4) is 0 Å². The Morgan fingerprint density at radius 3 is 2.88 bits per heavy atom. The van der Waals surface area contributed by atoms with E-state index in [4.69, 9.17) is 4.74 Å². The zero-order chi connectivity index (χ0) is 11.5. The van der Waals surface area contributed by atoms with Crippen molar-refractivity contribution in [3.63, 3.8) is 0 Å². The molecule has 0 aliphatic carbocycles. The van der Waals surface area contributed by atoms with E-state index < -0.39 is 11.6 Å². The minimum absolute atomic E-state index is 0.0186. The van der Waals surface area contributed by atoms with E-state index in [-0.39, 0.29) is 12.2 Å². The molecule has 0 aliphatic rings. The zero-order valence-corrected chi connectivity index (χ0v) is 8.65. The van der Waals surface area contributed by atoms with Crippen LogP contribution in [0, 0.1) is 11.6 Å². The third kappa shape index (κ3) is 2.18. The fourth-order valence-corrected chi connectivity index (χ4v) is 1.29. The maximum absolute atomic E-state index is 13.2. The SMILES string of the molecule is Cn1cc(OCc2cccc(F)c2F)cn1. The summed E-state index contributed by atoms with van der Waals surface area (Å²) in [5, 5.41) is 3.89. The van der Waals surface area contributed by atoms with E-state index in [0.717, 1.165) is 6.07 Å². The van der Waals surface area contributed by atoms with Crippen LogP contribution in [-0.2, 0) is 13.7 Å². The number of nitrogens with zero attached hydrogens (tertiary/aromatic N) is 2. The number of aromatic nitrogens is 2. The second kappa shape index (κ2) is 4.30. The number of aryl methyl sites for hydroxylation is 1. The Morgan fingerprint density at radius 1 is 1.38 bits per heavy atom. The highest BCUT2D eigenvalue weighted by Crippen LogP contribution is 2.15. The molecule has 0 spiro atoms. The van der Waals surface area contributed by atoms with Crippen LogP contribution in [0.25, 0.3) is 0 Å². The van der Waals surface area contributed by atoms with Crippen LogP contribution in [-0.4, -0.2) is 9.78 Å². The predicted molar refractivity (Wildman–Crippen MR) is 53.9 cm³/mol. The average molecular weight is 224 g/mol. The molecule has 0 N–H and O–H groups in total. The molecule has 1 aromatic carbocycles. The maximum Gasteiger partial charge on any atom is 0.165 e. The van der Waals surface area contributed by atoms with Crippen molar-refractivity contribution in [1.29, 1.82) is 0 Å². The predicted octanol–water partition coefficient (Wildman–Crippen LogP) is 2.28. The third-order valence-electron chi connectivity index (χ3n) is 2.11. The number of ether oxygens (including phenoxy) is 1. The molecule has 0 fully saturated rings. The standard InChI is InChI=1S/C11H10F2N2O/c1-15-6-9(5-14-15)16-7-8-3-2-4-10(12)11(8)13/h2-6H,7H2,1H3. The van der Waals surface area contributed by atoms with Gasteiger partial charge in [-0.2, -0.15) is 5.10 Å². The lowest BCUT2D eigenvalue weighted by Gasteiger charge is -2.04. The number of hydrogen-bond acceptors (Lipinski definition) is 2. The van der Waals surface area contributed by atoms with Crippen LogP contribution in [0.5, 0.6) is 5.75 Å². The lowest BCUT2D eigenvalue weighted by molar-refractivity contribution is 0.297. The molecule has 0 saturated carbocycles. The summed E-state index contributed by atoms with van der Waals surface area (Å²) < 4.78 is 32.9. The Balaban J connectivity index is 2.07. The number of halogens is 2. The molecule has 2 rings (SSSR count). The Hall–Kier alpha value is -1.91. The molecule has 0 bridgehead atoms. The van der Waals surface area contributed by atoms with Crippen LogP contribution < -0.4 is 4.74 Å². The summed E-state index contributed by atoms with van der Waals surface area (Å²) in [7, 11) is 1.75. The van der Waals surface area contributed by atoms with E-state index >= 15 is 0 Å². The summed E-state index contributed by atoms with van der Waals surface area (Å²) in [6.45, 7) is -0.0186. The van der Waals surface area contributed by atoms with Gasteiger partial charge in [-0.25, -0.2) is 8.78 Å². The molecule has 0 radical (unpaired) electrons. The van der Waals surface area contributed by atoms with E-state index in [1.54, 1.807) is 17.9 Å². The van der Waals surface area contributed by atoms with Gasteiger partial charge in [0, 0.05) is 12.6 Å². The lowest BCUT2D eigenvalue weighted by atomic mass is 10.2. The van der Waals surface area contributed by atoms with Gasteiger partial charge in [0.05, 0.1) is 12.4 Å². The van der Waals surface area contributed by atoms with Gasteiger partial charge in [-0.15, -0.1) is 0 Å². The summed E-state index contributed by atoms with van der Waals surface area (Å²) in [4.78, 5) is 0. The molecule has 1 heterocycles. The minimum atomic E-state index is -0.869. The highest BCUT2D eigenvalue weighted by atomic mass is 19.2. The van der Waals surface area contributed by atoms with Gasteiger partial charge in [-0.3, -0.25) is 4.68 Å². The molecular formula is C11H10F2N2O. The molecule has 84 valence electrons. The van der Waals surface area contributed by atoms with Crippen molar-refractivity contribution in [2.24, 2.45) is 7.05 Å². The molecule has 1 aromatic heterocycles. The van der Waals surface area contributed by atoms with Gasteiger partial charge in [0.25, 0.3) is 0 Å². The van der Waals surface area contributed by atoms with Crippen LogP contribution >= 0.6 is 0 Å². The molecule has 0 unspecified atom stereocenters. The van der Waals surface area contributed by atoms with Gasteiger partial charge in [0.2, 0.25) is 0 Å². The van der Waals surface area contributed by atoms with E-state index in [1.807, 2.05) is 0 Å². The summed E-state index contributed by atoms with van der Waals surface area (Å²) in [6, 6.07) is 4.00. The molecular weight excluding hydrogens is 214 g/mol. The van der Waals surface area contributed by atoms with Gasteiger partial charge < -0.3 is 4.74 Å². The van der Waals surface area contributed by atoms with Crippen molar-refractivity contribution >= 4 is 0 Å². The fourth-order valence-electron chi connectivity index (χ4n) is 1.29. The Bertz CT molecular complexity index is 496. The molecule has 3 nitrogen and oxygen atoms in total. The normalized spacial score (nSPS) is 10.4. The van der Waals surface area contributed by atoms with Gasteiger partial charge >= 0.3 is 0 Å². The van der Waals surface area contributed by atoms with Gasteiger partial charge in [-0.1, -0.05) is 12.1 Å². The number of rotatable bonds is 3. The van der Waals surface area contributed by atoms with Crippen LogP contribution in [0.1, 0.15) is 5.56 Å². The molecule has 0 aliphatic heterocycles. The topological polar surface area (TPSA) is 27.1 Å². The van der Waals surface area contributed by atoms with Crippen LogP contribution in [0.2, 0.25) is 0 Å². The van der Waals surface area contributed by atoms with Crippen molar-refractivity contribution in [3.8, 4) is 5.75 Å². The first-order valence-electron chi connectivity index (χ1n) is 4.71.